The minimum absolute atomic E-state index is 0.0110. The number of primary sulfonamides is 1. The van der Waals surface area contributed by atoms with Crippen molar-refractivity contribution >= 4 is 22.1 Å². The molecule has 9 heteroatoms. The van der Waals surface area contributed by atoms with E-state index in [0.717, 1.165) is 11.1 Å². The van der Waals surface area contributed by atoms with Gasteiger partial charge in [0.25, 0.3) is 0 Å². The monoisotopic (exact) mass is 435 g/mol. The maximum Gasteiger partial charge on any atom is 0.238 e. The third-order valence-electron chi connectivity index (χ3n) is 5.66. The highest BCUT2D eigenvalue weighted by Gasteiger charge is 2.61. The molecule has 0 saturated heterocycles. The maximum atomic E-state index is 12.5. The number of sulfonamides is 1. The third kappa shape index (κ3) is 3.69. The molecule has 1 aliphatic carbocycles. The van der Waals surface area contributed by atoms with Crippen molar-refractivity contribution in [3.63, 3.8) is 0 Å². The zero-order valence-electron chi connectivity index (χ0n) is 16.5. The van der Waals surface area contributed by atoms with Crippen molar-refractivity contribution in [1.82, 2.24) is 4.98 Å². The van der Waals surface area contributed by atoms with E-state index in [0.29, 0.717) is 23.2 Å². The van der Waals surface area contributed by atoms with E-state index >= 15 is 0 Å². The van der Waals surface area contributed by atoms with Crippen molar-refractivity contribution in [2.45, 2.75) is 22.6 Å². The molecule has 3 aromatic rings. The summed E-state index contributed by atoms with van der Waals surface area (Å²) in [7, 11) is -3.90. The Morgan fingerprint density at radius 1 is 1.13 bits per heavy atom. The van der Waals surface area contributed by atoms with Gasteiger partial charge in [-0.2, -0.15) is 5.10 Å². The molecule has 2 atom stereocenters. The van der Waals surface area contributed by atoms with Crippen LogP contribution in [0.1, 0.15) is 29.2 Å². The molecule has 1 aromatic heterocycles. The van der Waals surface area contributed by atoms with E-state index in [9.17, 15) is 13.2 Å². The van der Waals surface area contributed by atoms with Gasteiger partial charge in [0.2, 0.25) is 15.9 Å². The zero-order chi connectivity index (χ0) is 22.2. The largest absolute Gasteiger partial charge is 0.369 e. The molecular formula is C22H21N5O3S. The molecule has 1 aliphatic rings. The van der Waals surface area contributed by atoms with E-state index in [2.05, 4.69) is 10.1 Å². The van der Waals surface area contributed by atoms with Gasteiger partial charge in [-0.1, -0.05) is 42.5 Å². The third-order valence-corrected chi connectivity index (χ3v) is 6.63. The van der Waals surface area contributed by atoms with Gasteiger partial charge in [0.05, 0.1) is 22.2 Å². The second-order valence-electron chi connectivity index (χ2n) is 7.51. The van der Waals surface area contributed by atoms with E-state index in [4.69, 9.17) is 16.7 Å². The van der Waals surface area contributed by atoms with Crippen LogP contribution in [0.4, 0.5) is 0 Å². The van der Waals surface area contributed by atoms with Crippen LogP contribution in [-0.4, -0.2) is 25.5 Å². The molecule has 2 aromatic carbocycles. The van der Waals surface area contributed by atoms with Gasteiger partial charge < -0.3 is 11.6 Å². The summed E-state index contributed by atoms with van der Waals surface area (Å²) >= 11 is 0. The Labute approximate surface area is 179 Å². The van der Waals surface area contributed by atoms with Crippen LogP contribution in [-0.2, 0) is 20.2 Å². The number of rotatable bonds is 6. The molecule has 0 radical (unpaired) electrons. The molecule has 0 bridgehead atoms. The fraction of sp³-hybridized carbons (Fsp3) is 0.136. The Balaban J connectivity index is 1.70. The summed E-state index contributed by atoms with van der Waals surface area (Å²) in [6, 6.07) is 17.4. The number of hydrogen-bond acceptors (Lipinski definition) is 6. The molecule has 1 amide bonds. The number of hydrazone groups is 1. The van der Waals surface area contributed by atoms with Crippen LogP contribution in [0, 0.1) is 0 Å². The molecule has 2 unspecified atom stereocenters. The first-order chi connectivity index (χ1) is 14.8. The van der Waals surface area contributed by atoms with Gasteiger partial charge in [0.15, 0.2) is 0 Å². The van der Waals surface area contributed by atoms with Crippen molar-refractivity contribution in [3.8, 4) is 11.1 Å². The Bertz CT molecular complexity index is 1290. The molecule has 1 fully saturated rings. The Morgan fingerprint density at radius 2 is 1.90 bits per heavy atom. The number of nitrogens with two attached hydrogens (primary N) is 3. The van der Waals surface area contributed by atoms with E-state index in [1.807, 2.05) is 24.3 Å². The number of aromatic nitrogens is 1. The first kappa shape index (κ1) is 20.7. The average Bonchev–Trinajstić information content (AvgIpc) is 3.51. The van der Waals surface area contributed by atoms with Gasteiger partial charge in [-0.25, -0.2) is 13.6 Å². The fourth-order valence-electron chi connectivity index (χ4n) is 4.06. The van der Waals surface area contributed by atoms with Crippen LogP contribution in [0.25, 0.3) is 11.1 Å². The SMILES string of the molecule is NN=Cc1cccc(C2CC2(C(N)=O)c2ccc(-c3ccccc3S(N)(=O)=O)cn2)c1. The van der Waals surface area contributed by atoms with Gasteiger partial charge in [0, 0.05) is 23.2 Å². The number of primary amides is 1. The standard InChI is InChI=1S/C22H21N5O3S/c23-21(28)22(11-18(22)15-5-3-4-14(10-15)12-27-24)20-9-8-16(13-26-20)17-6-1-2-7-19(17)31(25,29)30/h1-10,12-13,18H,11,24H2,(H2,23,28)(H2,25,29,30). The highest BCUT2D eigenvalue weighted by atomic mass is 32.2. The predicted octanol–water partition coefficient (Wildman–Crippen LogP) is 1.60. The average molecular weight is 436 g/mol. The minimum Gasteiger partial charge on any atom is -0.369 e. The van der Waals surface area contributed by atoms with Gasteiger partial charge in [-0.15, -0.1) is 0 Å². The molecule has 158 valence electrons. The van der Waals surface area contributed by atoms with Crippen molar-refractivity contribution in [2.24, 2.45) is 21.8 Å². The first-order valence-corrected chi connectivity index (χ1v) is 11.0. The smallest absolute Gasteiger partial charge is 0.238 e. The van der Waals surface area contributed by atoms with Crippen LogP contribution in [0.15, 0.2) is 76.9 Å². The van der Waals surface area contributed by atoms with Crippen LogP contribution in [0.3, 0.4) is 0 Å². The quantitative estimate of drug-likeness (QED) is 0.305. The number of benzene rings is 2. The number of amides is 1. The predicted molar refractivity (Wildman–Crippen MR) is 118 cm³/mol. The summed E-state index contributed by atoms with van der Waals surface area (Å²) in [4.78, 5) is 17.0. The molecule has 4 rings (SSSR count). The van der Waals surface area contributed by atoms with Crippen LogP contribution >= 0.6 is 0 Å². The number of nitrogens with zero attached hydrogens (tertiary/aromatic N) is 2. The van der Waals surface area contributed by atoms with E-state index in [1.54, 1.807) is 30.3 Å². The van der Waals surface area contributed by atoms with Crippen LogP contribution in [0.2, 0.25) is 0 Å². The normalized spacial score (nSPS) is 20.6. The second-order valence-corrected chi connectivity index (χ2v) is 9.04. The topological polar surface area (TPSA) is 155 Å². The first-order valence-electron chi connectivity index (χ1n) is 9.49. The molecular weight excluding hydrogens is 414 g/mol. The maximum absolute atomic E-state index is 12.5. The van der Waals surface area contributed by atoms with E-state index < -0.39 is 21.3 Å². The Kier molecular flexibility index (Phi) is 5.08. The van der Waals surface area contributed by atoms with Crippen molar-refractivity contribution < 1.29 is 13.2 Å². The lowest BCUT2D eigenvalue weighted by Gasteiger charge is -2.15. The molecule has 8 nitrogen and oxygen atoms in total. The number of pyridine rings is 1. The van der Waals surface area contributed by atoms with Gasteiger partial charge in [-0.05, 0) is 35.7 Å². The fourth-order valence-corrected chi connectivity index (χ4v) is 4.82. The summed E-state index contributed by atoms with van der Waals surface area (Å²) in [5, 5.41) is 8.87. The molecule has 0 spiro atoms. The van der Waals surface area contributed by atoms with Gasteiger partial charge >= 0.3 is 0 Å². The lowest BCUT2D eigenvalue weighted by molar-refractivity contribution is -0.120. The number of carbonyl (C=O) groups excluding carboxylic acids is 1. The minimum atomic E-state index is -3.90. The summed E-state index contributed by atoms with van der Waals surface area (Å²) < 4.78 is 23.8. The zero-order valence-corrected chi connectivity index (χ0v) is 17.3. The van der Waals surface area contributed by atoms with E-state index in [1.165, 1.54) is 18.5 Å². The Morgan fingerprint density at radius 3 is 2.55 bits per heavy atom. The summed E-state index contributed by atoms with van der Waals surface area (Å²) in [6.07, 6.45) is 3.61. The van der Waals surface area contributed by atoms with Crippen molar-refractivity contribution in [2.75, 3.05) is 0 Å². The summed E-state index contributed by atoms with van der Waals surface area (Å²) in [5.41, 5.74) is 8.21. The summed E-state index contributed by atoms with van der Waals surface area (Å²) in [5.74, 6) is 4.66. The highest BCUT2D eigenvalue weighted by molar-refractivity contribution is 7.89. The second kappa shape index (κ2) is 7.60. The lowest BCUT2D eigenvalue weighted by Crippen LogP contribution is -2.31. The number of hydrogen-bond donors (Lipinski definition) is 3. The highest BCUT2D eigenvalue weighted by Crippen LogP contribution is 2.60. The van der Waals surface area contributed by atoms with Crippen molar-refractivity contribution in [1.29, 1.82) is 0 Å². The van der Waals surface area contributed by atoms with Crippen LogP contribution in [0.5, 0.6) is 0 Å². The molecule has 6 N–H and O–H groups in total. The van der Waals surface area contributed by atoms with E-state index in [-0.39, 0.29) is 10.8 Å². The Hall–Kier alpha value is -3.56. The van der Waals surface area contributed by atoms with Crippen molar-refractivity contribution in [3.05, 3.63) is 83.7 Å². The molecule has 1 heterocycles. The molecule has 31 heavy (non-hydrogen) atoms. The van der Waals surface area contributed by atoms with Gasteiger partial charge in [0.1, 0.15) is 0 Å². The number of carbonyl (C=O) groups is 1. The van der Waals surface area contributed by atoms with Gasteiger partial charge in [-0.3, -0.25) is 9.78 Å². The summed E-state index contributed by atoms with van der Waals surface area (Å²) in [6.45, 7) is 0. The van der Waals surface area contributed by atoms with Crippen LogP contribution < -0.4 is 16.7 Å². The molecule has 1 saturated carbocycles. The lowest BCUT2D eigenvalue weighted by atomic mass is 9.93. The molecule has 0 aliphatic heterocycles.